The number of carboxylic acid groups (broad SMARTS) is 1. The first kappa shape index (κ1) is 14.4. The Labute approximate surface area is 93.3 Å². The normalized spacial score (nSPS) is 15.3. The van der Waals surface area contributed by atoms with Crippen LogP contribution in [0.5, 0.6) is 0 Å². The van der Waals surface area contributed by atoms with Crippen LogP contribution in [0.25, 0.3) is 0 Å². The van der Waals surface area contributed by atoms with Gasteiger partial charge >= 0.3 is 5.97 Å². The van der Waals surface area contributed by atoms with E-state index in [0.29, 0.717) is 12.0 Å². The van der Waals surface area contributed by atoms with Crippen LogP contribution in [0, 0.1) is 11.8 Å². The van der Waals surface area contributed by atoms with E-state index in [2.05, 4.69) is 26.1 Å². The van der Waals surface area contributed by atoms with Gasteiger partial charge < -0.3 is 10.4 Å². The first-order valence-corrected chi connectivity index (χ1v) is 5.89. The third-order valence-corrected chi connectivity index (χ3v) is 2.57. The molecule has 0 saturated heterocycles. The Morgan fingerprint density at radius 1 is 1.20 bits per heavy atom. The van der Waals surface area contributed by atoms with Gasteiger partial charge in [-0.2, -0.15) is 0 Å². The van der Waals surface area contributed by atoms with Crippen LogP contribution in [-0.2, 0) is 4.79 Å². The summed E-state index contributed by atoms with van der Waals surface area (Å²) in [7, 11) is 0. The van der Waals surface area contributed by atoms with Crippen LogP contribution < -0.4 is 5.32 Å². The van der Waals surface area contributed by atoms with Gasteiger partial charge in [0.1, 0.15) is 0 Å². The Kier molecular flexibility index (Phi) is 7.39. The minimum absolute atomic E-state index is 0.206. The molecule has 0 amide bonds. The summed E-state index contributed by atoms with van der Waals surface area (Å²) in [5.41, 5.74) is 0. The molecule has 2 unspecified atom stereocenters. The number of aliphatic carboxylic acids is 1. The van der Waals surface area contributed by atoms with Crippen LogP contribution in [0.15, 0.2) is 0 Å². The van der Waals surface area contributed by atoms with Gasteiger partial charge in [-0.1, -0.05) is 27.2 Å². The molecule has 2 atom stereocenters. The molecule has 3 nitrogen and oxygen atoms in total. The molecule has 90 valence electrons. The second-order valence-electron chi connectivity index (χ2n) is 4.87. The molecule has 0 aromatic carbocycles. The maximum atomic E-state index is 10.6. The van der Waals surface area contributed by atoms with Crippen molar-refractivity contribution in [3.8, 4) is 0 Å². The first-order valence-electron chi connectivity index (χ1n) is 5.89. The maximum absolute atomic E-state index is 10.6. The van der Waals surface area contributed by atoms with Crippen molar-refractivity contribution < 1.29 is 9.90 Å². The highest BCUT2D eigenvalue weighted by Crippen LogP contribution is 2.09. The molecule has 0 rings (SSSR count). The van der Waals surface area contributed by atoms with Gasteiger partial charge in [-0.05, 0) is 32.2 Å². The minimum Gasteiger partial charge on any atom is -0.481 e. The summed E-state index contributed by atoms with van der Waals surface area (Å²) in [5, 5.41) is 12.1. The van der Waals surface area contributed by atoms with E-state index in [0.717, 1.165) is 25.8 Å². The van der Waals surface area contributed by atoms with E-state index < -0.39 is 5.97 Å². The topological polar surface area (TPSA) is 49.3 Å². The van der Waals surface area contributed by atoms with E-state index in [-0.39, 0.29) is 5.92 Å². The van der Waals surface area contributed by atoms with Crippen LogP contribution in [0.2, 0.25) is 0 Å². The van der Waals surface area contributed by atoms with Crippen molar-refractivity contribution in [2.24, 2.45) is 11.8 Å². The molecule has 0 fully saturated rings. The lowest BCUT2D eigenvalue weighted by Gasteiger charge is -2.15. The molecule has 3 heteroatoms. The smallest absolute Gasteiger partial charge is 0.306 e. The van der Waals surface area contributed by atoms with Crippen LogP contribution in [-0.4, -0.2) is 23.7 Å². The van der Waals surface area contributed by atoms with Crippen molar-refractivity contribution in [3.63, 3.8) is 0 Å². The summed E-state index contributed by atoms with van der Waals surface area (Å²) in [4.78, 5) is 10.6. The second-order valence-corrected chi connectivity index (χ2v) is 4.87. The standard InChI is InChI=1S/C12H25NO2/c1-9(2)8-13-11(4)7-5-6-10(3)12(14)15/h9-11,13H,5-8H2,1-4H3,(H,14,15). The molecule has 0 saturated carbocycles. The molecule has 0 aromatic rings. The third-order valence-electron chi connectivity index (χ3n) is 2.57. The number of hydrogen-bond acceptors (Lipinski definition) is 2. The zero-order valence-electron chi connectivity index (χ0n) is 10.4. The summed E-state index contributed by atoms with van der Waals surface area (Å²) in [6.45, 7) is 9.34. The molecule has 0 bridgehead atoms. The van der Waals surface area contributed by atoms with Crippen LogP contribution in [0.4, 0.5) is 0 Å². The predicted octanol–water partition coefficient (Wildman–Crippen LogP) is 2.51. The van der Waals surface area contributed by atoms with Gasteiger partial charge in [-0.25, -0.2) is 0 Å². The molecule has 0 aliphatic rings. The van der Waals surface area contributed by atoms with E-state index in [9.17, 15) is 4.79 Å². The fourth-order valence-electron chi connectivity index (χ4n) is 1.39. The summed E-state index contributed by atoms with van der Waals surface area (Å²) < 4.78 is 0. The second kappa shape index (κ2) is 7.69. The Morgan fingerprint density at radius 3 is 2.27 bits per heavy atom. The molecular formula is C12H25NO2. The van der Waals surface area contributed by atoms with Gasteiger partial charge in [-0.15, -0.1) is 0 Å². The summed E-state index contributed by atoms with van der Waals surface area (Å²) in [6.07, 6.45) is 2.83. The molecule has 2 N–H and O–H groups in total. The van der Waals surface area contributed by atoms with E-state index in [4.69, 9.17) is 5.11 Å². The van der Waals surface area contributed by atoms with Gasteiger partial charge in [0.15, 0.2) is 0 Å². The highest BCUT2D eigenvalue weighted by molar-refractivity contribution is 5.69. The lowest BCUT2D eigenvalue weighted by molar-refractivity contribution is -0.141. The SMILES string of the molecule is CC(C)CNC(C)CCCC(C)C(=O)O. The van der Waals surface area contributed by atoms with Crippen molar-refractivity contribution in [1.82, 2.24) is 5.32 Å². The summed E-state index contributed by atoms with van der Waals surface area (Å²) in [6, 6.07) is 0.494. The number of carboxylic acids is 1. The minimum atomic E-state index is -0.683. The van der Waals surface area contributed by atoms with E-state index in [1.54, 1.807) is 6.92 Å². The maximum Gasteiger partial charge on any atom is 0.306 e. The predicted molar refractivity (Wildman–Crippen MR) is 63.0 cm³/mol. The van der Waals surface area contributed by atoms with Crippen molar-refractivity contribution in [2.45, 2.75) is 53.0 Å². The zero-order chi connectivity index (χ0) is 11.8. The quantitative estimate of drug-likeness (QED) is 0.654. The first-order chi connectivity index (χ1) is 6.93. The highest BCUT2D eigenvalue weighted by Gasteiger charge is 2.11. The number of hydrogen-bond donors (Lipinski definition) is 2. The molecule has 0 aliphatic heterocycles. The molecule has 15 heavy (non-hydrogen) atoms. The third kappa shape index (κ3) is 8.43. The van der Waals surface area contributed by atoms with Crippen molar-refractivity contribution in [2.75, 3.05) is 6.54 Å². The number of rotatable bonds is 8. The summed E-state index contributed by atoms with van der Waals surface area (Å²) in [5.74, 6) is -0.217. The van der Waals surface area contributed by atoms with E-state index in [1.807, 2.05) is 0 Å². The van der Waals surface area contributed by atoms with E-state index >= 15 is 0 Å². The highest BCUT2D eigenvalue weighted by atomic mass is 16.4. The number of carbonyl (C=O) groups is 1. The Morgan fingerprint density at radius 2 is 1.80 bits per heavy atom. The van der Waals surface area contributed by atoms with Gasteiger partial charge in [0.05, 0.1) is 5.92 Å². The number of nitrogens with one attached hydrogen (secondary N) is 1. The lowest BCUT2D eigenvalue weighted by atomic mass is 10.0. The van der Waals surface area contributed by atoms with Crippen LogP contribution in [0.3, 0.4) is 0 Å². The average molecular weight is 215 g/mol. The zero-order valence-corrected chi connectivity index (χ0v) is 10.4. The van der Waals surface area contributed by atoms with Gasteiger partial charge in [0.25, 0.3) is 0 Å². The van der Waals surface area contributed by atoms with Crippen molar-refractivity contribution >= 4 is 5.97 Å². The van der Waals surface area contributed by atoms with Gasteiger partial charge in [0, 0.05) is 6.04 Å². The molecule has 0 heterocycles. The van der Waals surface area contributed by atoms with Crippen LogP contribution >= 0.6 is 0 Å². The monoisotopic (exact) mass is 215 g/mol. The van der Waals surface area contributed by atoms with E-state index in [1.165, 1.54) is 0 Å². The van der Waals surface area contributed by atoms with Crippen LogP contribution in [0.1, 0.15) is 47.0 Å². The fourth-order valence-corrected chi connectivity index (χ4v) is 1.39. The molecular weight excluding hydrogens is 190 g/mol. The lowest BCUT2D eigenvalue weighted by Crippen LogP contribution is -2.29. The Bertz CT molecular complexity index is 180. The Hall–Kier alpha value is -0.570. The molecule has 0 radical (unpaired) electrons. The Balaban J connectivity index is 3.46. The molecule has 0 spiro atoms. The molecule has 0 aromatic heterocycles. The average Bonchev–Trinajstić information content (AvgIpc) is 2.14. The van der Waals surface area contributed by atoms with Gasteiger partial charge in [0.2, 0.25) is 0 Å². The van der Waals surface area contributed by atoms with Crippen molar-refractivity contribution in [1.29, 1.82) is 0 Å². The van der Waals surface area contributed by atoms with Gasteiger partial charge in [-0.3, -0.25) is 4.79 Å². The molecule has 0 aliphatic carbocycles. The largest absolute Gasteiger partial charge is 0.481 e. The van der Waals surface area contributed by atoms with Crippen molar-refractivity contribution in [3.05, 3.63) is 0 Å². The summed E-state index contributed by atoms with van der Waals surface area (Å²) >= 11 is 0. The fraction of sp³-hybridized carbons (Fsp3) is 0.917.